The van der Waals surface area contributed by atoms with E-state index in [1.54, 1.807) is 43.5 Å². The molecule has 0 amide bonds. The standard InChI is InChI=1S/C24H17FN4O/c1-15-5-6-18(14-26)17(12-15)7-10-23-28-21-9-8-19(25)13-20(21)24(30)29(23)22-4-3-11-27-16(22)2/h3-13H,1-2H3. The highest BCUT2D eigenvalue weighted by molar-refractivity contribution is 5.80. The minimum absolute atomic E-state index is 0.184. The average Bonchev–Trinajstić information content (AvgIpc) is 2.74. The highest BCUT2D eigenvalue weighted by atomic mass is 19.1. The molecule has 146 valence electrons. The molecule has 0 aliphatic carbocycles. The minimum Gasteiger partial charge on any atom is -0.268 e. The summed E-state index contributed by atoms with van der Waals surface area (Å²) in [5.41, 5.74) is 3.46. The van der Waals surface area contributed by atoms with Crippen LogP contribution in [0.5, 0.6) is 0 Å². The molecule has 30 heavy (non-hydrogen) atoms. The molecular weight excluding hydrogens is 379 g/mol. The van der Waals surface area contributed by atoms with Gasteiger partial charge in [0.2, 0.25) is 0 Å². The minimum atomic E-state index is -0.502. The molecule has 0 bridgehead atoms. The van der Waals surface area contributed by atoms with Crippen molar-refractivity contribution in [2.75, 3.05) is 0 Å². The van der Waals surface area contributed by atoms with Crippen LogP contribution in [0, 0.1) is 31.0 Å². The number of fused-ring (bicyclic) bond motifs is 1. The van der Waals surface area contributed by atoms with Crippen molar-refractivity contribution in [2.24, 2.45) is 0 Å². The van der Waals surface area contributed by atoms with Gasteiger partial charge in [0.05, 0.1) is 33.9 Å². The monoisotopic (exact) mass is 396 g/mol. The SMILES string of the molecule is Cc1ccc(C#N)c(C=Cc2nc3ccc(F)cc3c(=O)n2-c2cccnc2C)c1. The van der Waals surface area contributed by atoms with Gasteiger partial charge in [-0.3, -0.25) is 14.3 Å². The summed E-state index contributed by atoms with van der Waals surface area (Å²) in [4.78, 5) is 22.1. The molecule has 0 atom stereocenters. The zero-order chi connectivity index (χ0) is 21.3. The van der Waals surface area contributed by atoms with Gasteiger partial charge in [0.1, 0.15) is 11.6 Å². The first-order valence-corrected chi connectivity index (χ1v) is 9.31. The number of hydrogen-bond donors (Lipinski definition) is 0. The van der Waals surface area contributed by atoms with E-state index in [9.17, 15) is 14.4 Å². The van der Waals surface area contributed by atoms with E-state index in [4.69, 9.17) is 0 Å². The fraction of sp³-hybridized carbons (Fsp3) is 0.0833. The Morgan fingerprint density at radius 2 is 1.93 bits per heavy atom. The van der Waals surface area contributed by atoms with Crippen molar-refractivity contribution in [3.63, 3.8) is 0 Å². The van der Waals surface area contributed by atoms with Crippen LogP contribution in [0.2, 0.25) is 0 Å². The first-order chi connectivity index (χ1) is 14.5. The Balaban J connectivity index is 2.00. The topological polar surface area (TPSA) is 71.6 Å². The van der Waals surface area contributed by atoms with E-state index in [1.165, 1.54) is 22.8 Å². The summed E-state index contributed by atoms with van der Waals surface area (Å²) in [7, 11) is 0. The van der Waals surface area contributed by atoms with Crippen LogP contribution < -0.4 is 5.56 Å². The molecule has 6 heteroatoms. The van der Waals surface area contributed by atoms with Crippen molar-refractivity contribution >= 4 is 23.1 Å². The fourth-order valence-electron chi connectivity index (χ4n) is 3.32. The lowest BCUT2D eigenvalue weighted by atomic mass is 10.0. The summed E-state index contributed by atoms with van der Waals surface area (Å²) in [5.74, 6) is -0.141. The van der Waals surface area contributed by atoms with E-state index in [0.717, 1.165) is 11.1 Å². The summed E-state index contributed by atoms with van der Waals surface area (Å²) in [6.07, 6.45) is 5.08. The Labute approximate surface area is 172 Å². The fourth-order valence-corrected chi connectivity index (χ4v) is 3.32. The third-order valence-corrected chi connectivity index (χ3v) is 4.82. The molecule has 0 radical (unpaired) electrons. The molecule has 0 aliphatic heterocycles. The zero-order valence-corrected chi connectivity index (χ0v) is 16.4. The van der Waals surface area contributed by atoms with Crippen LogP contribution in [0.15, 0.2) is 59.5 Å². The Morgan fingerprint density at radius 1 is 1.10 bits per heavy atom. The number of nitrogens with zero attached hydrogens (tertiary/aromatic N) is 4. The van der Waals surface area contributed by atoms with Gasteiger partial charge in [-0.1, -0.05) is 17.7 Å². The molecular formula is C24H17FN4O. The molecule has 0 aliphatic rings. The van der Waals surface area contributed by atoms with Crippen molar-refractivity contribution in [3.05, 3.63) is 99.1 Å². The van der Waals surface area contributed by atoms with E-state index in [0.29, 0.717) is 28.3 Å². The number of benzene rings is 2. The normalized spacial score (nSPS) is 11.1. The molecule has 4 rings (SSSR count). The molecule has 5 nitrogen and oxygen atoms in total. The molecule has 0 fully saturated rings. The highest BCUT2D eigenvalue weighted by Crippen LogP contribution is 2.19. The molecule has 2 aromatic heterocycles. The predicted molar refractivity (Wildman–Crippen MR) is 115 cm³/mol. The summed E-state index contributed by atoms with van der Waals surface area (Å²) in [5, 5.41) is 9.57. The van der Waals surface area contributed by atoms with Gasteiger partial charge in [0, 0.05) is 6.20 Å². The second kappa shape index (κ2) is 7.72. The van der Waals surface area contributed by atoms with Gasteiger partial charge in [0.15, 0.2) is 0 Å². The van der Waals surface area contributed by atoms with Crippen molar-refractivity contribution in [1.82, 2.24) is 14.5 Å². The number of rotatable bonds is 3. The van der Waals surface area contributed by atoms with Gasteiger partial charge in [-0.2, -0.15) is 5.26 Å². The quantitative estimate of drug-likeness (QED) is 0.508. The number of hydrogen-bond acceptors (Lipinski definition) is 4. The Morgan fingerprint density at radius 3 is 2.70 bits per heavy atom. The maximum atomic E-state index is 13.8. The van der Waals surface area contributed by atoms with Gasteiger partial charge in [-0.15, -0.1) is 0 Å². The Kier molecular flexibility index (Phi) is 4.95. The molecule has 4 aromatic rings. The number of nitriles is 1. The largest absolute Gasteiger partial charge is 0.268 e. The summed E-state index contributed by atoms with van der Waals surface area (Å²) in [6, 6.07) is 15.1. The van der Waals surface area contributed by atoms with E-state index in [1.807, 2.05) is 19.1 Å². The van der Waals surface area contributed by atoms with Gasteiger partial charge in [-0.05, 0) is 68.0 Å². The van der Waals surface area contributed by atoms with Crippen LogP contribution in [0.4, 0.5) is 4.39 Å². The second-order valence-electron chi connectivity index (χ2n) is 6.92. The molecule has 0 saturated carbocycles. The molecule has 0 spiro atoms. The second-order valence-corrected chi connectivity index (χ2v) is 6.92. The number of aromatic nitrogens is 3. The average molecular weight is 396 g/mol. The first-order valence-electron chi connectivity index (χ1n) is 9.31. The predicted octanol–water partition coefficient (Wildman–Crippen LogP) is 4.58. The summed E-state index contributed by atoms with van der Waals surface area (Å²) >= 11 is 0. The summed E-state index contributed by atoms with van der Waals surface area (Å²) < 4.78 is 15.2. The molecule has 2 heterocycles. The van der Waals surface area contributed by atoms with Crippen molar-refractivity contribution in [3.8, 4) is 11.8 Å². The first kappa shape index (κ1) is 19.2. The smallest absolute Gasteiger partial charge is 0.266 e. The van der Waals surface area contributed by atoms with E-state index < -0.39 is 5.82 Å². The highest BCUT2D eigenvalue weighted by Gasteiger charge is 2.14. The van der Waals surface area contributed by atoms with Crippen molar-refractivity contribution in [2.45, 2.75) is 13.8 Å². The van der Waals surface area contributed by atoms with Gasteiger partial charge < -0.3 is 0 Å². The van der Waals surface area contributed by atoms with Crippen LogP contribution in [-0.4, -0.2) is 14.5 Å². The van der Waals surface area contributed by atoms with Crippen molar-refractivity contribution < 1.29 is 4.39 Å². The molecule has 2 aromatic carbocycles. The van der Waals surface area contributed by atoms with Gasteiger partial charge in [0.25, 0.3) is 5.56 Å². The van der Waals surface area contributed by atoms with Crippen LogP contribution >= 0.6 is 0 Å². The van der Waals surface area contributed by atoms with Crippen molar-refractivity contribution in [1.29, 1.82) is 5.26 Å². The number of pyridine rings is 1. The van der Waals surface area contributed by atoms with Crippen LogP contribution in [0.1, 0.15) is 28.2 Å². The van der Waals surface area contributed by atoms with E-state index >= 15 is 0 Å². The third kappa shape index (κ3) is 3.49. The van der Waals surface area contributed by atoms with Crippen LogP contribution in [0.3, 0.4) is 0 Å². The number of aryl methyl sites for hydroxylation is 2. The number of halogens is 1. The molecule has 0 saturated heterocycles. The van der Waals surface area contributed by atoms with Gasteiger partial charge in [-0.25, -0.2) is 9.37 Å². The van der Waals surface area contributed by atoms with Crippen LogP contribution in [-0.2, 0) is 0 Å². The lowest BCUT2D eigenvalue weighted by Crippen LogP contribution is -2.23. The zero-order valence-electron chi connectivity index (χ0n) is 16.4. The Hall–Kier alpha value is -4.11. The van der Waals surface area contributed by atoms with Gasteiger partial charge >= 0.3 is 0 Å². The molecule has 0 N–H and O–H groups in total. The summed E-state index contributed by atoms with van der Waals surface area (Å²) in [6.45, 7) is 3.73. The lowest BCUT2D eigenvalue weighted by molar-refractivity contribution is 0.629. The third-order valence-electron chi connectivity index (χ3n) is 4.82. The van der Waals surface area contributed by atoms with E-state index in [-0.39, 0.29) is 10.9 Å². The molecule has 0 unspecified atom stereocenters. The van der Waals surface area contributed by atoms with E-state index in [2.05, 4.69) is 16.0 Å². The lowest BCUT2D eigenvalue weighted by Gasteiger charge is -2.13. The van der Waals surface area contributed by atoms with Crippen LogP contribution in [0.25, 0.3) is 28.7 Å². The Bertz CT molecular complexity index is 1410. The maximum absolute atomic E-state index is 13.8. The maximum Gasteiger partial charge on any atom is 0.266 e.